The molecule has 0 unspecified atom stereocenters. The summed E-state index contributed by atoms with van der Waals surface area (Å²) in [4.78, 5) is 2.52. The summed E-state index contributed by atoms with van der Waals surface area (Å²) in [5, 5.41) is 0. The van der Waals surface area contributed by atoms with Crippen molar-refractivity contribution < 1.29 is 0 Å². The van der Waals surface area contributed by atoms with Crippen LogP contribution in [-0.4, -0.2) is 18.5 Å². The molecule has 1 saturated carbocycles. The first-order valence-electron chi connectivity index (χ1n) is 6.15. The molecule has 0 bridgehead atoms. The average molecular weight is 201 g/mol. The van der Waals surface area contributed by atoms with Crippen LogP contribution >= 0.6 is 0 Å². The van der Waals surface area contributed by atoms with Crippen molar-refractivity contribution in [1.82, 2.24) is 4.90 Å². The highest BCUT2D eigenvalue weighted by Crippen LogP contribution is 2.45. The maximum atomic E-state index is 2.52. The van der Waals surface area contributed by atoms with Crippen molar-refractivity contribution >= 4 is 0 Å². The summed E-state index contributed by atoms with van der Waals surface area (Å²) < 4.78 is 0. The smallest absolute Gasteiger partial charge is 0.0348 e. The molecule has 1 heterocycles. The van der Waals surface area contributed by atoms with Crippen LogP contribution in [0.15, 0.2) is 24.3 Å². The summed E-state index contributed by atoms with van der Waals surface area (Å²) in [6.45, 7) is 1.27. The van der Waals surface area contributed by atoms with Gasteiger partial charge in [-0.25, -0.2) is 0 Å². The average Bonchev–Trinajstić information content (AvgIpc) is 3.02. The maximum absolute atomic E-state index is 2.52. The van der Waals surface area contributed by atoms with Crippen molar-refractivity contribution in [1.29, 1.82) is 0 Å². The van der Waals surface area contributed by atoms with Gasteiger partial charge in [-0.3, -0.25) is 4.90 Å². The molecule has 2 fully saturated rings. The molecule has 1 aliphatic carbocycles. The molecular weight excluding hydrogens is 182 g/mol. The van der Waals surface area contributed by atoms with E-state index in [2.05, 4.69) is 36.2 Å². The highest BCUT2D eigenvalue weighted by Gasteiger charge is 2.30. The van der Waals surface area contributed by atoms with E-state index in [1.54, 1.807) is 11.1 Å². The van der Waals surface area contributed by atoms with Crippen LogP contribution in [0.25, 0.3) is 0 Å². The van der Waals surface area contributed by atoms with Crippen molar-refractivity contribution in [3.8, 4) is 0 Å². The topological polar surface area (TPSA) is 3.24 Å². The van der Waals surface area contributed by atoms with Gasteiger partial charge in [0, 0.05) is 6.04 Å². The molecule has 1 heteroatoms. The van der Waals surface area contributed by atoms with Crippen LogP contribution in [-0.2, 0) is 0 Å². The Hall–Kier alpha value is -0.820. The first kappa shape index (κ1) is 9.41. The van der Waals surface area contributed by atoms with Gasteiger partial charge in [-0.05, 0) is 56.3 Å². The van der Waals surface area contributed by atoms with Gasteiger partial charge >= 0.3 is 0 Å². The van der Waals surface area contributed by atoms with E-state index in [9.17, 15) is 0 Å². The van der Waals surface area contributed by atoms with E-state index in [0.29, 0.717) is 6.04 Å². The van der Waals surface area contributed by atoms with Gasteiger partial charge in [0.1, 0.15) is 0 Å². The number of rotatable bonds is 2. The molecule has 0 N–H and O–H groups in total. The third-order valence-corrected chi connectivity index (χ3v) is 3.89. The normalized spacial score (nSPS) is 27.1. The molecule has 80 valence electrons. The van der Waals surface area contributed by atoms with Crippen molar-refractivity contribution in [3.05, 3.63) is 35.4 Å². The number of benzene rings is 1. The molecule has 0 amide bonds. The van der Waals surface area contributed by atoms with Gasteiger partial charge in [-0.1, -0.05) is 24.3 Å². The molecule has 0 spiro atoms. The minimum Gasteiger partial charge on any atom is -0.299 e. The van der Waals surface area contributed by atoms with Gasteiger partial charge in [0.15, 0.2) is 0 Å². The van der Waals surface area contributed by atoms with Crippen LogP contribution in [0.2, 0.25) is 0 Å². The molecule has 1 aromatic carbocycles. The number of hydrogen-bond donors (Lipinski definition) is 0. The summed E-state index contributed by atoms with van der Waals surface area (Å²) >= 11 is 0. The zero-order valence-electron chi connectivity index (χ0n) is 9.45. The van der Waals surface area contributed by atoms with Gasteiger partial charge in [0.05, 0.1) is 0 Å². The standard InChI is InChI=1S/C14H19N/c1-15-10-4-7-14(15)13-6-3-2-5-12(13)11-8-9-11/h2-3,5-6,11,14H,4,7-10H2,1H3/t14-/m0/s1. The molecule has 1 nitrogen and oxygen atoms in total. The lowest BCUT2D eigenvalue weighted by molar-refractivity contribution is 0.316. The molecule has 15 heavy (non-hydrogen) atoms. The van der Waals surface area contributed by atoms with E-state index >= 15 is 0 Å². The van der Waals surface area contributed by atoms with Crippen LogP contribution in [0, 0.1) is 0 Å². The van der Waals surface area contributed by atoms with Crippen molar-refractivity contribution in [2.24, 2.45) is 0 Å². The van der Waals surface area contributed by atoms with Gasteiger partial charge in [-0.2, -0.15) is 0 Å². The van der Waals surface area contributed by atoms with E-state index in [-0.39, 0.29) is 0 Å². The number of nitrogens with zero attached hydrogens (tertiary/aromatic N) is 1. The lowest BCUT2D eigenvalue weighted by atomic mass is 9.96. The van der Waals surface area contributed by atoms with E-state index in [1.165, 1.54) is 32.2 Å². The van der Waals surface area contributed by atoms with Crippen LogP contribution in [0.4, 0.5) is 0 Å². The lowest BCUT2D eigenvalue weighted by Gasteiger charge is -2.22. The lowest BCUT2D eigenvalue weighted by Crippen LogP contribution is -2.18. The third-order valence-electron chi connectivity index (χ3n) is 3.89. The Bertz CT molecular complexity index is 354. The van der Waals surface area contributed by atoms with Crippen LogP contribution < -0.4 is 0 Å². The molecule has 0 aromatic heterocycles. The maximum Gasteiger partial charge on any atom is 0.0348 e. The van der Waals surface area contributed by atoms with Crippen LogP contribution in [0.3, 0.4) is 0 Å². The Labute approximate surface area is 92.1 Å². The number of hydrogen-bond acceptors (Lipinski definition) is 1. The zero-order chi connectivity index (χ0) is 10.3. The van der Waals surface area contributed by atoms with Crippen molar-refractivity contribution in [3.63, 3.8) is 0 Å². The summed E-state index contributed by atoms with van der Waals surface area (Å²) in [7, 11) is 2.27. The van der Waals surface area contributed by atoms with Crippen LogP contribution in [0.5, 0.6) is 0 Å². The van der Waals surface area contributed by atoms with Crippen LogP contribution in [0.1, 0.15) is 48.8 Å². The molecule has 1 saturated heterocycles. The minimum absolute atomic E-state index is 0.696. The molecule has 1 atom stereocenters. The summed E-state index contributed by atoms with van der Waals surface area (Å²) in [5.41, 5.74) is 3.25. The Morgan fingerprint density at radius 1 is 1.07 bits per heavy atom. The Kier molecular flexibility index (Phi) is 2.28. The highest BCUT2D eigenvalue weighted by molar-refractivity contribution is 5.35. The minimum atomic E-state index is 0.696. The fraction of sp³-hybridized carbons (Fsp3) is 0.571. The van der Waals surface area contributed by atoms with Crippen molar-refractivity contribution in [2.75, 3.05) is 13.6 Å². The van der Waals surface area contributed by atoms with Gasteiger partial charge in [0.2, 0.25) is 0 Å². The predicted molar refractivity (Wildman–Crippen MR) is 63.0 cm³/mol. The van der Waals surface area contributed by atoms with E-state index < -0.39 is 0 Å². The second kappa shape index (κ2) is 3.64. The Morgan fingerprint density at radius 2 is 1.80 bits per heavy atom. The Balaban J connectivity index is 1.95. The first-order valence-corrected chi connectivity index (χ1v) is 6.15. The largest absolute Gasteiger partial charge is 0.299 e. The van der Waals surface area contributed by atoms with Gasteiger partial charge in [-0.15, -0.1) is 0 Å². The SMILES string of the molecule is CN1CCC[C@H]1c1ccccc1C1CC1. The first-order chi connectivity index (χ1) is 7.36. The molecular formula is C14H19N. The molecule has 2 aliphatic rings. The van der Waals surface area contributed by atoms with E-state index in [4.69, 9.17) is 0 Å². The summed E-state index contributed by atoms with van der Waals surface area (Å²) in [6.07, 6.45) is 5.53. The third kappa shape index (κ3) is 1.69. The second-order valence-electron chi connectivity index (χ2n) is 5.04. The van der Waals surface area contributed by atoms with E-state index in [0.717, 1.165) is 5.92 Å². The summed E-state index contributed by atoms with van der Waals surface area (Å²) in [5.74, 6) is 0.884. The fourth-order valence-corrected chi connectivity index (χ4v) is 2.88. The predicted octanol–water partition coefficient (Wildman–Crippen LogP) is 3.33. The van der Waals surface area contributed by atoms with Gasteiger partial charge in [0.25, 0.3) is 0 Å². The quantitative estimate of drug-likeness (QED) is 0.709. The molecule has 1 aliphatic heterocycles. The monoisotopic (exact) mass is 201 g/mol. The zero-order valence-corrected chi connectivity index (χ0v) is 9.45. The number of likely N-dealkylation sites (tertiary alicyclic amines) is 1. The Morgan fingerprint density at radius 3 is 2.40 bits per heavy atom. The highest BCUT2D eigenvalue weighted by atomic mass is 15.1. The fourth-order valence-electron chi connectivity index (χ4n) is 2.88. The van der Waals surface area contributed by atoms with Crippen molar-refractivity contribution in [2.45, 2.75) is 37.6 Å². The summed E-state index contributed by atoms with van der Waals surface area (Å²) in [6, 6.07) is 9.79. The molecule has 1 aromatic rings. The van der Waals surface area contributed by atoms with E-state index in [1.807, 2.05) is 0 Å². The molecule has 3 rings (SSSR count). The second-order valence-corrected chi connectivity index (χ2v) is 5.04. The molecule has 0 radical (unpaired) electrons. The van der Waals surface area contributed by atoms with Gasteiger partial charge < -0.3 is 0 Å².